The fourth-order valence-electron chi connectivity index (χ4n) is 2.48. The van der Waals surface area contributed by atoms with E-state index in [-0.39, 0.29) is 11.9 Å². The third kappa shape index (κ3) is 5.51. The molecule has 0 aliphatic carbocycles. The SMILES string of the molecule is COCCS(=O)Cc1cccc(NC(=O)C2CCCCN2)c1. The largest absolute Gasteiger partial charge is 0.384 e. The topological polar surface area (TPSA) is 67.4 Å². The highest BCUT2D eigenvalue weighted by Gasteiger charge is 2.20. The minimum atomic E-state index is -0.946. The number of hydrogen-bond donors (Lipinski definition) is 2. The molecule has 0 radical (unpaired) electrons. The van der Waals surface area contributed by atoms with Gasteiger partial charge in [-0.3, -0.25) is 9.00 Å². The molecule has 1 saturated heterocycles. The predicted octanol–water partition coefficient (Wildman–Crippen LogP) is 1.66. The lowest BCUT2D eigenvalue weighted by atomic mass is 10.0. The summed E-state index contributed by atoms with van der Waals surface area (Å²) in [5.74, 6) is 1.02. The summed E-state index contributed by atoms with van der Waals surface area (Å²) in [6, 6.07) is 7.47. The first-order valence-corrected chi connectivity index (χ1v) is 9.15. The Morgan fingerprint density at radius 3 is 3.05 bits per heavy atom. The van der Waals surface area contributed by atoms with Crippen LogP contribution in [-0.4, -0.2) is 42.2 Å². The quantitative estimate of drug-likeness (QED) is 0.800. The van der Waals surface area contributed by atoms with Crippen LogP contribution in [0, 0.1) is 0 Å². The van der Waals surface area contributed by atoms with Gasteiger partial charge in [-0.15, -0.1) is 0 Å². The van der Waals surface area contributed by atoms with E-state index in [4.69, 9.17) is 4.74 Å². The van der Waals surface area contributed by atoms with E-state index in [1.165, 1.54) is 0 Å². The van der Waals surface area contributed by atoms with Crippen molar-refractivity contribution in [1.82, 2.24) is 5.32 Å². The molecule has 6 heteroatoms. The van der Waals surface area contributed by atoms with Crippen molar-refractivity contribution in [2.75, 3.05) is 31.3 Å². The third-order valence-electron chi connectivity index (χ3n) is 3.66. The van der Waals surface area contributed by atoms with Gasteiger partial charge in [-0.1, -0.05) is 18.6 Å². The van der Waals surface area contributed by atoms with Gasteiger partial charge in [0.15, 0.2) is 0 Å². The van der Waals surface area contributed by atoms with Crippen molar-refractivity contribution in [3.05, 3.63) is 29.8 Å². The molecule has 0 aromatic heterocycles. The van der Waals surface area contributed by atoms with Crippen molar-refractivity contribution in [3.8, 4) is 0 Å². The van der Waals surface area contributed by atoms with Crippen LogP contribution in [0.25, 0.3) is 0 Å². The van der Waals surface area contributed by atoms with E-state index in [2.05, 4.69) is 10.6 Å². The van der Waals surface area contributed by atoms with Crippen LogP contribution in [0.4, 0.5) is 5.69 Å². The molecule has 1 aromatic carbocycles. The lowest BCUT2D eigenvalue weighted by Crippen LogP contribution is -2.43. The smallest absolute Gasteiger partial charge is 0.241 e. The van der Waals surface area contributed by atoms with E-state index in [0.29, 0.717) is 18.1 Å². The van der Waals surface area contributed by atoms with Gasteiger partial charge in [0, 0.05) is 35.1 Å². The summed E-state index contributed by atoms with van der Waals surface area (Å²) >= 11 is 0. The lowest BCUT2D eigenvalue weighted by molar-refractivity contribution is -0.118. The third-order valence-corrected chi connectivity index (χ3v) is 4.94. The first-order chi connectivity index (χ1) is 10.7. The van der Waals surface area contributed by atoms with Crippen molar-refractivity contribution in [3.63, 3.8) is 0 Å². The molecule has 1 amide bonds. The standard InChI is InChI=1S/C16H24N2O3S/c1-21-9-10-22(20)12-13-5-4-6-14(11-13)18-16(19)15-7-2-3-8-17-15/h4-6,11,15,17H,2-3,7-10,12H2,1H3,(H,18,19). The van der Waals surface area contributed by atoms with Crippen molar-refractivity contribution in [1.29, 1.82) is 0 Å². The molecule has 0 spiro atoms. The molecule has 122 valence electrons. The number of piperidine rings is 1. The molecule has 2 unspecified atom stereocenters. The maximum absolute atomic E-state index is 12.2. The van der Waals surface area contributed by atoms with Crippen molar-refractivity contribution in [2.45, 2.75) is 31.1 Å². The fourth-order valence-corrected chi connectivity index (χ4v) is 3.53. The number of nitrogens with one attached hydrogen (secondary N) is 2. The average molecular weight is 324 g/mol. The van der Waals surface area contributed by atoms with Crippen LogP contribution in [0.1, 0.15) is 24.8 Å². The Morgan fingerprint density at radius 2 is 2.32 bits per heavy atom. The Hall–Kier alpha value is -1.24. The molecule has 1 aliphatic heterocycles. The first-order valence-electron chi connectivity index (χ1n) is 7.66. The molecular formula is C16H24N2O3S. The summed E-state index contributed by atoms with van der Waals surface area (Å²) in [6.07, 6.45) is 3.10. The van der Waals surface area contributed by atoms with Crippen LogP contribution in [0.2, 0.25) is 0 Å². The van der Waals surface area contributed by atoms with E-state index < -0.39 is 10.8 Å². The van der Waals surface area contributed by atoms with E-state index in [0.717, 1.165) is 37.1 Å². The van der Waals surface area contributed by atoms with Gasteiger partial charge < -0.3 is 15.4 Å². The highest BCUT2D eigenvalue weighted by molar-refractivity contribution is 7.84. The molecule has 1 aromatic rings. The van der Waals surface area contributed by atoms with Gasteiger partial charge in [-0.2, -0.15) is 0 Å². The van der Waals surface area contributed by atoms with Gasteiger partial charge in [0.25, 0.3) is 0 Å². The summed E-state index contributed by atoms with van der Waals surface area (Å²) < 4.78 is 16.8. The normalized spacial score (nSPS) is 19.6. The first kappa shape index (κ1) is 17.1. The van der Waals surface area contributed by atoms with Gasteiger partial charge in [0.05, 0.1) is 12.6 Å². The Labute approximate surface area is 134 Å². The van der Waals surface area contributed by atoms with Crippen LogP contribution in [0.3, 0.4) is 0 Å². The molecule has 2 rings (SSSR count). The number of rotatable bonds is 7. The Balaban J connectivity index is 1.90. The van der Waals surface area contributed by atoms with E-state index in [1.54, 1.807) is 7.11 Å². The van der Waals surface area contributed by atoms with E-state index in [1.807, 2.05) is 24.3 Å². The summed E-state index contributed by atoms with van der Waals surface area (Å²) in [5, 5.41) is 6.18. The molecule has 2 atom stereocenters. The van der Waals surface area contributed by atoms with Gasteiger partial charge in [-0.05, 0) is 37.1 Å². The molecule has 0 saturated carbocycles. The Kier molecular flexibility index (Phi) is 7.02. The number of amides is 1. The molecule has 1 aliphatic rings. The van der Waals surface area contributed by atoms with Crippen LogP contribution in [0.5, 0.6) is 0 Å². The summed E-state index contributed by atoms with van der Waals surface area (Å²) in [6.45, 7) is 1.40. The summed E-state index contributed by atoms with van der Waals surface area (Å²) in [5.41, 5.74) is 1.72. The molecule has 22 heavy (non-hydrogen) atoms. The predicted molar refractivity (Wildman–Crippen MR) is 89.3 cm³/mol. The second kappa shape index (κ2) is 9.02. The number of benzene rings is 1. The van der Waals surface area contributed by atoms with Crippen LogP contribution < -0.4 is 10.6 Å². The van der Waals surface area contributed by atoms with Crippen LogP contribution in [-0.2, 0) is 26.1 Å². The highest BCUT2D eigenvalue weighted by Crippen LogP contribution is 2.15. The Bertz CT molecular complexity index is 516. The average Bonchev–Trinajstić information content (AvgIpc) is 2.54. The summed E-state index contributed by atoms with van der Waals surface area (Å²) in [7, 11) is 0.658. The zero-order chi connectivity index (χ0) is 15.8. The van der Waals surface area contributed by atoms with Crippen molar-refractivity contribution >= 4 is 22.4 Å². The number of carbonyl (C=O) groups is 1. The van der Waals surface area contributed by atoms with Gasteiger partial charge in [0.2, 0.25) is 5.91 Å². The molecule has 2 N–H and O–H groups in total. The fraction of sp³-hybridized carbons (Fsp3) is 0.562. The van der Waals surface area contributed by atoms with Crippen molar-refractivity contribution in [2.24, 2.45) is 0 Å². The second-order valence-corrected chi connectivity index (χ2v) is 7.05. The molecular weight excluding hydrogens is 300 g/mol. The van der Waals surface area contributed by atoms with E-state index >= 15 is 0 Å². The van der Waals surface area contributed by atoms with Gasteiger partial charge in [0.1, 0.15) is 0 Å². The summed E-state index contributed by atoms with van der Waals surface area (Å²) in [4.78, 5) is 12.2. The highest BCUT2D eigenvalue weighted by atomic mass is 32.2. The number of methoxy groups -OCH3 is 1. The number of hydrogen-bond acceptors (Lipinski definition) is 4. The zero-order valence-electron chi connectivity index (χ0n) is 13.0. The molecule has 0 bridgehead atoms. The van der Waals surface area contributed by atoms with E-state index in [9.17, 15) is 9.00 Å². The van der Waals surface area contributed by atoms with Crippen LogP contribution >= 0.6 is 0 Å². The van der Waals surface area contributed by atoms with Crippen LogP contribution in [0.15, 0.2) is 24.3 Å². The van der Waals surface area contributed by atoms with Gasteiger partial charge in [-0.25, -0.2) is 0 Å². The molecule has 5 nitrogen and oxygen atoms in total. The molecule has 1 fully saturated rings. The maximum atomic E-state index is 12.2. The second-order valence-electron chi connectivity index (χ2n) is 5.47. The molecule has 1 heterocycles. The minimum Gasteiger partial charge on any atom is -0.384 e. The Morgan fingerprint density at radius 1 is 1.45 bits per heavy atom. The van der Waals surface area contributed by atoms with Gasteiger partial charge >= 0.3 is 0 Å². The lowest BCUT2D eigenvalue weighted by Gasteiger charge is -2.22. The maximum Gasteiger partial charge on any atom is 0.241 e. The minimum absolute atomic E-state index is 0.0114. The number of carbonyl (C=O) groups excluding carboxylic acids is 1. The monoisotopic (exact) mass is 324 g/mol. The number of anilines is 1. The number of ether oxygens (including phenoxy) is 1. The van der Waals surface area contributed by atoms with Crippen molar-refractivity contribution < 1.29 is 13.7 Å². The zero-order valence-corrected chi connectivity index (χ0v) is 13.8.